The zero-order valence-electron chi connectivity index (χ0n) is 15.3. The van der Waals surface area contributed by atoms with Crippen molar-refractivity contribution in [2.24, 2.45) is 11.5 Å². The van der Waals surface area contributed by atoms with Crippen molar-refractivity contribution in [1.82, 2.24) is 15.0 Å². The second-order valence-electron chi connectivity index (χ2n) is 6.46. The lowest BCUT2D eigenvalue weighted by molar-refractivity contribution is 0.0996. The summed E-state index contributed by atoms with van der Waals surface area (Å²) in [5.41, 5.74) is 12.3. The molecule has 1 fully saturated rings. The van der Waals surface area contributed by atoms with Crippen molar-refractivity contribution >= 4 is 23.2 Å². The van der Waals surface area contributed by atoms with Gasteiger partial charge in [-0.3, -0.25) is 4.79 Å². The number of rotatable bonds is 7. The fourth-order valence-electron chi connectivity index (χ4n) is 3.08. The molecule has 1 aliphatic rings. The van der Waals surface area contributed by atoms with Crippen molar-refractivity contribution in [3.05, 3.63) is 30.2 Å². The van der Waals surface area contributed by atoms with Crippen LogP contribution in [0.1, 0.15) is 43.1 Å². The number of amides is 1. The van der Waals surface area contributed by atoms with E-state index < -0.39 is 5.91 Å². The zero-order valence-corrected chi connectivity index (χ0v) is 15.3. The van der Waals surface area contributed by atoms with Gasteiger partial charge in [0.2, 0.25) is 5.88 Å². The summed E-state index contributed by atoms with van der Waals surface area (Å²) in [5, 5.41) is 6.37. The van der Waals surface area contributed by atoms with E-state index in [1.807, 2.05) is 6.92 Å². The van der Waals surface area contributed by atoms with E-state index in [1.165, 1.54) is 6.20 Å². The van der Waals surface area contributed by atoms with E-state index in [9.17, 15) is 4.79 Å². The molecule has 1 aliphatic carbocycles. The quantitative estimate of drug-likeness (QED) is 0.577. The first-order chi connectivity index (χ1) is 13.1. The van der Waals surface area contributed by atoms with Gasteiger partial charge < -0.3 is 26.8 Å². The Kier molecular flexibility index (Phi) is 6.02. The number of carbonyl (C=O) groups excluding carboxylic acids is 1. The number of hydrogen-bond donors (Lipinski definition) is 4. The van der Waals surface area contributed by atoms with Gasteiger partial charge in [-0.25, -0.2) is 15.0 Å². The number of hydrogen-bond acceptors (Lipinski definition) is 8. The lowest BCUT2D eigenvalue weighted by Gasteiger charge is -2.29. The number of aromatic nitrogens is 3. The van der Waals surface area contributed by atoms with E-state index in [2.05, 4.69) is 25.6 Å². The first-order valence-electron chi connectivity index (χ1n) is 9.11. The summed E-state index contributed by atoms with van der Waals surface area (Å²) in [6.45, 7) is 2.42. The van der Waals surface area contributed by atoms with Gasteiger partial charge in [0.1, 0.15) is 5.82 Å². The third kappa shape index (κ3) is 4.82. The number of primary amides is 1. The Bertz CT molecular complexity index is 782. The highest BCUT2D eigenvalue weighted by Gasteiger charge is 2.22. The number of nitrogens with one attached hydrogen (secondary N) is 2. The van der Waals surface area contributed by atoms with Crippen LogP contribution in [0.3, 0.4) is 0 Å². The van der Waals surface area contributed by atoms with Crippen LogP contribution in [0.25, 0.3) is 0 Å². The van der Waals surface area contributed by atoms with Crippen LogP contribution in [-0.2, 0) is 0 Å². The van der Waals surface area contributed by atoms with Gasteiger partial charge in [-0.15, -0.1) is 0 Å². The molecule has 0 aliphatic heterocycles. The molecule has 2 atom stereocenters. The lowest BCUT2D eigenvalue weighted by atomic mass is 9.91. The van der Waals surface area contributed by atoms with Gasteiger partial charge in [-0.1, -0.05) is 12.8 Å². The van der Waals surface area contributed by atoms with Gasteiger partial charge >= 0.3 is 0 Å². The second-order valence-corrected chi connectivity index (χ2v) is 6.46. The predicted molar refractivity (Wildman–Crippen MR) is 103 cm³/mol. The smallest absolute Gasteiger partial charge is 0.271 e. The average Bonchev–Trinajstić information content (AvgIpc) is 2.65. The molecule has 27 heavy (non-hydrogen) atoms. The number of ether oxygens (including phenoxy) is 1. The summed E-state index contributed by atoms with van der Waals surface area (Å²) in [5.74, 6) is 0.669. The lowest BCUT2D eigenvalue weighted by Crippen LogP contribution is -2.42. The molecule has 9 nitrogen and oxygen atoms in total. The third-order valence-corrected chi connectivity index (χ3v) is 4.45. The van der Waals surface area contributed by atoms with Crippen molar-refractivity contribution in [1.29, 1.82) is 0 Å². The van der Waals surface area contributed by atoms with E-state index in [0.29, 0.717) is 24.0 Å². The molecule has 0 saturated heterocycles. The van der Waals surface area contributed by atoms with E-state index in [4.69, 9.17) is 16.2 Å². The second kappa shape index (κ2) is 8.63. The SMILES string of the molecule is CCOc1ccc(Nc2nc(N[C@@H]3CCCC[C@@H]3N)cnc2C(N)=O)cn1. The molecular formula is C18H25N7O2. The van der Waals surface area contributed by atoms with Crippen LogP contribution in [0.2, 0.25) is 0 Å². The molecule has 2 aromatic rings. The minimum absolute atomic E-state index is 0.0578. The van der Waals surface area contributed by atoms with Gasteiger partial charge in [0, 0.05) is 18.2 Å². The summed E-state index contributed by atoms with van der Waals surface area (Å²) in [7, 11) is 0. The maximum Gasteiger partial charge on any atom is 0.271 e. The van der Waals surface area contributed by atoms with Crippen LogP contribution in [0, 0.1) is 0 Å². The van der Waals surface area contributed by atoms with Crippen LogP contribution < -0.4 is 26.8 Å². The van der Waals surface area contributed by atoms with Crippen molar-refractivity contribution in [2.75, 3.05) is 17.2 Å². The minimum Gasteiger partial charge on any atom is -0.478 e. The van der Waals surface area contributed by atoms with Gasteiger partial charge in [0.15, 0.2) is 11.5 Å². The molecule has 0 aromatic carbocycles. The molecule has 144 valence electrons. The number of nitrogens with zero attached hydrogens (tertiary/aromatic N) is 3. The van der Waals surface area contributed by atoms with Crippen molar-refractivity contribution < 1.29 is 9.53 Å². The highest BCUT2D eigenvalue weighted by molar-refractivity contribution is 5.96. The molecule has 9 heteroatoms. The Balaban J connectivity index is 1.80. The topological polar surface area (TPSA) is 141 Å². The molecule has 0 spiro atoms. The Hall–Kier alpha value is -2.94. The van der Waals surface area contributed by atoms with Crippen LogP contribution in [0.4, 0.5) is 17.3 Å². The largest absolute Gasteiger partial charge is 0.478 e. The van der Waals surface area contributed by atoms with E-state index in [-0.39, 0.29) is 23.6 Å². The van der Waals surface area contributed by atoms with Crippen molar-refractivity contribution in [3.63, 3.8) is 0 Å². The highest BCUT2D eigenvalue weighted by atomic mass is 16.5. The van der Waals surface area contributed by atoms with Crippen LogP contribution in [0.5, 0.6) is 5.88 Å². The summed E-state index contributed by atoms with van der Waals surface area (Å²) in [6.07, 6.45) is 7.32. The minimum atomic E-state index is -0.662. The Labute approximate surface area is 157 Å². The Morgan fingerprint density at radius 2 is 2.07 bits per heavy atom. The standard InChI is InChI=1S/C18H25N7O2/c1-2-27-15-8-7-11(9-21-15)23-18-16(17(20)26)22-10-14(25-18)24-13-6-4-3-5-12(13)19/h7-10,12-13H,2-6,19H2,1H3,(H2,20,26)(H2,23,24,25)/t12-,13+/m0/s1. The molecule has 6 N–H and O–H groups in total. The molecular weight excluding hydrogens is 346 g/mol. The predicted octanol–water partition coefficient (Wildman–Crippen LogP) is 1.79. The third-order valence-electron chi connectivity index (χ3n) is 4.45. The number of carbonyl (C=O) groups is 1. The number of nitrogens with two attached hydrogens (primary N) is 2. The van der Waals surface area contributed by atoms with Crippen molar-refractivity contribution in [2.45, 2.75) is 44.7 Å². The first kappa shape index (κ1) is 18.8. The van der Waals surface area contributed by atoms with E-state index in [0.717, 1.165) is 25.7 Å². The van der Waals surface area contributed by atoms with Gasteiger partial charge in [-0.2, -0.15) is 0 Å². The number of anilines is 3. The summed E-state index contributed by atoms with van der Waals surface area (Å²) < 4.78 is 5.32. The normalized spacial score (nSPS) is 19.3. The average molecular weight is 371 g/mol. The summed E-state index contributed by atoms with van der Waals surface area (Å²) >= 11 is 0. The van der Waals surface area contributed by atoms with Crippen LogP contribution >= 0.6 is 0 Å². The Morgan fingerprint density at radius 3 is 2.74 bits per heavy atom. The molecule has 1 amide bonds. The van der Waals surface area contributed by atoms with E-state index in [1.54, 1.807) is 18.3 Å². The summed E-state index contributed by atoms with van der Waals surface area (Å²) in [4.78, 5) is 24.5. The zero-order chi connectivity index (χ0) is 19.2. The fourth-order valence-corrected chi connectivity index (χ4v) is 3.08. The first-order valence-corrected chi connectivity index (χ1v) is 9.11. The molecule has 0 bridgehead atoms. The molecule has 3 rings (SSSR count). The monoisotopic (exact) mass is 371 g/mol. The van der Waals surface area contributed by atoms with Gasteiger partial charge in [0.25, 0.3) is 5.91 Å². The summed E-state index contributed by atoms with van der Waals surface area (Å²) in [6, 6.07) is 3.71. The molecule has 0 unspecified atom stereocenters. The highest BCUT2D eigenvalue weighted by Crippen LogP contribution is 2.23. The number of pyridine rings is 1. The van der Waals surface area contributed by atoms with E-state index >= 15 is 0 Å². The van der Waals surface area contributed by atoms with Gasteiger partial charge in [0.05, 0.1) is 24.7 Å². The maximum absolute atomic E-state index is 11.7. The molecule has 1 saturated carbocycles. The van der Waals surface area contributed by atoms with Gasteiger partial charge in [-0.05, 0) is 25.8 Å². The fraction of sp³-hybridized carbons (Fsp3) is 0.444. The molecule has 2 aromatic heterocycles. The van der Waals surface area contributed by atoms with Crippen LogP contribution in [-0.4, -0.2) is 39.5 Å². The molecule has 2 heterocycles. The molecule has 0 radical (unpaired) electrons. The van der Waals surface area contributed by atoms with Crippen LogP contribution in [0.15, 0.2) is 24.5 Å². The Morgan fingerprint density at radius 1 is 1.26 bits per heavy atom. The van der Waals surface area contributed by atoms with Crippen molar-refractivity contribution in [3.8, 4) is 5.88 Å². The maximum atomic E-state index is 11.7.